The van der Waals surface area contributed by atoms with Crippen LogP contribution in [0.4, 0.5) is 31.1 Å². The summed E-state index contributed by atoms with van der Waals surface area (Å²) in [5, 5.41) is 0. The second kappa shape index (κ2) is 10.8. The number of benzene rings is 2. The van der Waals surface area contributed by atoms with Crippen LogP contribution in [0.3, 0.4) is 0 Å². The van der Waals surface area contributed by atoms with E-state index in [1.807, 2.05) is 0 Å². The molecule has 3 atom stereocenters. The van der Waals surface area contributed by atoms with Gasteiger partial charge in [0.25, 0.3) is 0 Å². The molecule has 4 rings (SSSR count). The Labute approximate surface area is 217 Å². The van der Waals surface area contributed by atoms with Crippen LogP contribution in [0, 0.1) is 12.8 Å². The fourth-order valence-corrected chi connectivity index (χ4v) is 5.69. The molecule has 1 aliphatic carbocycles. The van der Waals surface area contributed by atoms with E-state index >= 15 is 0 Å². The number of carbonyl (C=O) groups is 1. The van der Waals surface area contributed by atoms with Gasteiger partial charge in [0.05, 0.1) is 23.3 Å². The molecule has 0 spiro atoms. The van der Waals surface area contributed by atoms with Gasteiger partial charge in [0.15, 0.2) is 0 Å². The highest BCUT2D eigenvalue weighted by molar-refractivity contribution is 5.71. The van der Waals surface area contributed by atoms with Gasteiger partial charge in [-0.25, -0.2) is 4.79 Å². The number of amides is 1. The highest BCUT2D eigenvalue weighted by Crippen LogP contribution is 2.42. The summed E-state index contributed by atoms with van der Waals surface area (Å²) in [4.78, 5) is 14.2. The molecule has 208 valence electrons. The highest BCUT2D eigenvalue weighted by atomic mass is 19.4. The largest absolute Gasteiger partial charge is 0.439 e. The predicted octanol–water partition coefficient (Wildman–Crippen LogP) is 8.38. The van der Waals surface area contributed by atoms with Gasteiger partial charge in [0.1, 0.15) is 6.10 Å². The summed E-state index contributed by atoms with van der Waals surface area (Å²) >= 11 is 0. The minimum absolute atomic E-state index is 0.132. The lowest BCUT2D eigenvalue weighted by Gasteiger charge is -2.32. The van der Waals surface area contributed by atoms with E-state index in [0.717, 1.165) is 56.4 Å². The number of hydrogen-bond donors (Lipinski definition) is 0. The molecule has 4 nitrogen and oxygen atoms in total. The van der Waals surface area contributed by atoms with Crippen LogP contribution in [0.5, 0.6) is 0 Å². The van der Waals surface area contributed by atoms with Crippen molar-refractivity contribution in [3.05, 3.63) is 69.8 Å². The van der Waals surface area contributed by atoms with E-state index < -0.39 is 47.8 Å². The average Bonchev–Trinajstić information content (AvgIpc) is 3.13. The summed E-state index contributed by atoms with van der Waals surface area (Å²) in [6.45, 7) is 2.94. The highest BCUT2D eigenvalue weighted by Gasteiger charge is 2.42. The van der Waals surface area contributed by atoms with Gasteiger partial charge in [0.2, 0.25) is 0 Å². The van der Waals surface area contributed by atoms with Crippen LogP contribution in [-0.4, -0.2) is 24.1 Å². The fraction of sp³-hybridized carbons (Fsp3) is 0.536. The molecule has 2 unspecified atom stereocenters. The summed E-state index contributed by atoms with van der Waals surface area (Å²) in [5.74, 6) is 0.132. The molecule has 2 aromatic carbocycles. The Morgan fingerprint density at radius 3 is 2.24 bits per heavy atom. The molecule has 1 heterocycles. The Morgan fingerprint density at radius 1 is 0.974 bits per heavy atom. The van der Waals surface area contributed by atoms with Crippen molar-refractivity contribution in [1.82, 2.24) is 4.90 Å². The normalized spacial score (nSPS) is 22.0. The molecule has 1 saturated heterocycles. The van der Waals surface area contributed by atoms with Crippen LogP contribution in [0.25, 0.3) is 0 Å². The molecular formula is C28H31F6NO3. The molecule has 2 aliphatic rings. The number of halogens is 6. The monoisotopic (exact) mass is 543 g/mol. The quantitative estimate of drug-likeness (QED) is 0.344. The zero-order valence-corrected chi connectivity index (χ0v) is 21.5. The van der Waals surface area contributed by atoms with Crippen LogP contribution in [0.1, 0.15) is 84.6 Å². The van der Waals surface area contributed by atoms with Crippen molar-refractivity contribution in [2.75, 3.05) is 7.11 Å². The van der Waals surface area contributed by atoms with E-state index in [1.54, 1.807) is 6.92 Å². The number of aryl methyl sites for hydroxylation is 1. The maximum Gasteiger partial charge on any atom is 0.416 e. The lowest BCUT2D eigenvalue weighted by atomic mass is 9.81. The number of cyclic esters (lactones) is 1. The second-order valence-corrected chi connectivity index (χ2v) is 10.3. The number of alkyl halides is 6. The molecule has 1 aliphatic heterocycles. The summed E-state index contributed by atoms with van der Waals surface area (Å²) in [7, 11) is 1.53. The van der Waals surface area contributed by atoms with Crippen LogP contribution in [-0.2, 0) is 28.4 Å². The van der Waals surface area contributed by atoms with E-state index in [-0.39, 0.29) is 23.6 Å². The second-order valence-electron chi connectivity index (χ2n) is 10.3. The number of methoxy groups -OCH3 is 1. The van der Waals surface area contributed by atoms with E-state index in [2.05, 4.69) is 0 Å². The Balaban J connectivity index is 1.68. The molecule has 1 saturated carbocycles. The van der Waals surface area contributed by atoms with Gasteiger partial charge in [-0.1, -0.05) is 37.0 Å². The van der Waals surface area contributed by atoms with Crippen molar-refractivity contribution in [2.45, 2.75) is 83.1 Å². The van der Waals surface area contributed by atoms with Gasteiger partial charge < -0.3 is 9.47 Å². The lowest BCUT2D eigenvalue weighted by molar-refractivity contribution is -0.138. The van der Waals surface area contributed by atoms with Crippen molar-refractivity contribution in [2.24, 2.45) is 5.92 Å². The van der Waals surface area contributed by atoms with Gasteiger partial charge in [-0.15, -0.1) is 0 Å². The zero-order chi connectivity index (χ0) is 27.8. The van der Waals surface area contributed by atoms with Gasteiger partial charge >= 0.3 is 18.4 Å². The number of carbonyl (C=O) groups excluding carboxylic acids is 1. The molecule has 0 bridgehead atoms. The van der Waals surface area contributed by atoms with E-state index in [4.69, 9.17) is 9.47 Å². The van der Waals surface area contributed by atoms with Crippen LogP contribution >= 0.6 is 0 Å². The third-order valence-corrected chi connectivity index (χ3v) is 7.60. The van der Waals surface area contributed by atoms with Gasteiger partial charge in [-0.2, -0.15) is 26.3 Å². The van der Waals surface area contributed by atoms with Crippen LogP contribution in [0.15, 0.2) is 36.4 Å². The van der Waals surface area contributed by atoms with Crippen LogP contribution in [0.2, 0.25) is 0 Å². The van der Waals surface area contributed by atoms with Crippen molar-refractivity contribution >= 4 is 6.09 Å². The maximum absolute atomic E-state index is 13.6. The van der Waals surface area contributed by atoms with E-state index in [0.29, 0.717) is 11.1 Å². The van der Waals surface area contributed by atoms with Gasteiger partial charge in [-0.3, -0.25) is 4.90 Å². The Bertz CT molecular complexity index is 1160. The molecule has 2 fully saturated rings. The first kappa shape index (κ1) is 28.3. The molecule has 38 heavy (non-hydrogen) atoms. The standard InChI is InChI=1S/C28H31F6NO3/c1-16-11-19(13-22(12-16)28(32,33)34)24-17(2)35(26(36)38-24)15-20-14-21(27(29,30)31)9-10-23(20)25(37-3)18-7-5-4-6-8-18/h9-14,17-18,24-25H,4-8,15H2,1-3H3/t17?,24?,25-/m1/s1. The molecule has 1 amide bonds. The molecule has 0 N–H and O–H groups in total. The lowest BCUT2D eigenvalue weighted by Crippen LogP contribution is -2.32. The summed E-state index contributed by atoms with van der Waals surface area (Å²) in [5.41, 5.74) is -0.313. The summed E-state index contributed by atoms with van der Waals surface area (Å²) in [6.07, 6.45) is -6.52. The molecule has 2 aromatic rings. The number of rotatable bonds is 6. The molecule has 0 aromatic heterocycles. The van der Waals surface area contributed by atoms with E-state index in [9.17, 15) is 31.1 Å². The zero-order valence-electron chi connectivity index (χ0n) is 21.5. The molecule has 10 heteroatoms. The first-order chi connectivity index (χ1) is 17.8. The SMILES string of the molecule is CO[C@@H](c1ccc(C(F)(F)F)cc1CN1C(=O)OC(c2cc(C)cc(C(F)(F)F)c2)C1C)C1CCCCC1. The number of nitrogens with zero attached hydrogens (tertiary/aromatic N) is 1. The molecule has 0 radical (unpaired) electrons. The van der Waals surface area contributed by atoms with Crippen molar-refractivity contribution in [3.63, 3.8) is 0 Å². The van der Waals surface area contributed by atoms with Crippen molar-refractivity contribution in [3.8, 4) is 0 Å². The minimum atomic E-state index is -4.59. The third kappa shape index (κ3) is 5.95. The van der Waals surface area contributed by atoms with Crippen molar-refractivity contribution in [1.29, 1.82) is 0 Å². The Morgan fingerprint density at radius 2 is 1.63 bits per heavy atom. The third-order valence-electron chi connectivity index (χ3n) is 7.60. The van der Waals surface area contributed by atoms with E-state index in [1.165, 1.54) is 31.1 Å². The first-order valence-corrected chi connectivity index (χ1v) is 12.7. The fourth-order valence-electron chi connectivity index (χ4n) is 5.69. The summed E-state index contributed by atoms with van der Waals surface area (Å²) < 4.78 is 92.3. The average molecular weight is 544 g/mol. The number of hydrogen-bond acceptors (Lipinski definition) is 3. The minimum Gasteiger partial charge on any atom is -0.439 e. The van der Waals surface area contributed by atoms with Gasteiger partial charge in [0, 0.05) is 13.7 Å². The molecular weight excluding hydrogens is 512 g/mol. The predicted molar refractivity (Wildman–Crippen MR) is 128 cm³/mol. The Kier molecular flexibility index (Phi) is 8.02. The number of ether oxygens (including phenoxy) is 2. The topological polar surface area (TPSA) is 38.8 Å². The Hall–Kier alpha value is -2.75. The van der Waals surface area contributed by atoms with Gasteiger partial charge in [-0.05, 0) is 73.6 Å². The summed E-state index contributed by atoms with van der Waals surface area (Å²) in [6, 6.07) is 6.23. The maximum atomic E-state index is 13.6. The van der Waals surface area contributed by atoms with Crippen molar-refractivity contribution < 1.29 is 40.6 Å². The smallest absolute Gasteiger partial charge is 0.416 e. The first-order valence-electron chi connectivity index (χ1n) is 12.7. The van der Waals surface area contributed by atoms with Crippen LogP contribution < -0.4 is 0 Å².